The second-order valence-corrected chi connectivity index (χ2v) is 6.20. The normalized spacial score (nSPS) is 15.6. The number of hydrogen-bond donors (Lipinski definition) is 2. The molecule has 4 nitrogen and oxygen atoms in total. The monoisotopic (exact) mass is 321 g/mol. The van der Waals surface area contributed by atoms with Crippen molar-refractivity contribution in [3.63, 3.8) is 0 Å². The van der Waals surface area contributed by atoms with Crippen LogP contribution in [0.2, 0.25) is 0 Å². The van der Waals surface area contributed by atoms with Crippen LogP contribution in [-0.4, -0.2) is 22.4 Å². The SMILES string of the molecule is O=C(NCCCC1CCCC1)c1ccc2nc(C(F)F)[nH]c2c1. The Morgan fingerprint density at radius 1 is 1.35 bits per heavy atom. The standard InChI is InChI=1S/C17H21F2N3O/c18-15(19)16-21-13-8-7-12(10-14(13)22-16)17(23)20-9-3-6-11-4-1-2-5-11/h7-8,10-11,15H,1-6,9H2,(H,20,23)(H,21,22). The van der Waals surface area contributed by atoms with E-state index in [9.17, 15) is 13.6 Å². The van der Waals surface area contributed by atoms with Crippen molar-refractivity contribution in [1.29, 1.82) is 0 Å². The van der Waals surface area contributed by atoms with Gasteiger partial charge in [-0.3, -0.25) is 4.79 Å². The summed E-state index contributed by atoms with van der Waals surface area (Å²) in [6.07, 6.45) is 4.81. The molecular formula is C17H21F2N3O. The highest BCUT2D eigenvalue weighted by Gasteiger charge is 2.15. The fourth-order valence-electron chi connectivity index (χ4n) is 3.27. The van der Waals surface area contributed by atoms with E-state index in [1.54, 1.807) is 18.2 Å². The summed E-state index contributed by atoms with van der Waals surface area (Å²) in [5.74, 6) is 0.279. The first-order valence-corrected chi connectivity index (χ1v) is 8.19. The van der Waals surface area contributed by atoms with Gasteiger partial charge in [0, 0.05) is 12.1 Å². The molecule has 1 amide bonds. The van der Waals surface area contributed by atoms with E-state index >= 15 is 0 Å². The molecule has 1 heterocycles. The molecule has 1 saturated carbocycles. The molecule has 0 radical (unpaired) electrons. The van der Waals surface area contributed by atoms with Gasteiger partial charge in [-0.05, 0) is 37.0 Å². The van der Waals surface area contributed by atoms with Gasteiger partial charge in [0.05, 0.1) is 11.0 Å². The molecule has 2 N–H and O–H groups in total. The molecule has 0 aliphatic heterocycles. The predicted molar refractivity (Wildman–Crippen MR) is 84.6 cm³/mol. The number of rotatable bonds is 6. The van der Waals surface area contributed by atoms with Crippen LogP contribution < -0.4 is 5.32 Å². The molecular weight excluding hydrogens is 300 g/mol. The van der Waals surface area contributed by atoms with Crippen molar-refractivity contribution in [3.05, 3.63) is 29.6 Å². The Kier molecular flexibility index (Phi) is 4.88. The zero-order valence-electron chi connectivity index (χ0n) is 12.9. The third-order valence-corrected chi connectivity index (χ3v) is 4.52. The molecule has 23 heavy (non-hydrogen) atoms. The predicted octanol–water partition coefficient (Wildman–Crippen LogP) is 4.20. The number of carbonyl (C=O) groups is 1. The maximum Gasteiger partial charge on any atom is 0.295 e. The van der Waals surface area contributed by atoms with Crippen LogP contribution in [0.3, 0.4) is 0 Å². The molecule has 0 unspecified atom stereocenters. The van der Waals surface area contributed by atoms with E-state index in [0.29, 0.717) is 23.1 Å². The number of carbonyl (C=O) groups excluding carboxylic acids is 1. The lowest BCUT2D eigenvalue weighted by Crippen LogP contribution is -2.24. The van der Waals surface area contributed by atoms with E-state index in [-0.39, 0.29) is 11.7 Å². The Balaban J connectivity index is 1.55. The summed E-state index contributed by atoms with van der Waals surface area (Å²) in [5.41, 5.74) is 1.36. The number of aromatic nitrogens is 2. The van der Waals surface area contributed by atoms with Crippen molar-refractivity contribution in [1.82, 2.24) is 15.3 Å². The van der Waals surface area contributed by atoms with Gasteiger partial charge in [-0.15, -0.1) is 0 Å². The van der Waals surface area contributed by atoms with Gasteiger partial charge in [-0.25, -0.2) is 13.8 Å². The molecule has 3 rings (SSSR count). The summed E-state index contributed by atoms with van der Waals surface area (Å²) < 4.78 is 25.2. The lowest BCUT2D eigenvalue weighted by molar-refractivity contribution is 0.0952. The molecule has 1 aliphatic carbocycles. The second-order valence-electron chi connectivity index (χ2n) is 6.20. The van der Waals surface area contributed by atoms with Gasteiger partial charge in [-0.2, -0.15) is 0 Å². The Hall–Kier alpha value is -1.98. The van der Waals surface area contributed by atoms with Gasteiger partial charge >= 0.3 is 0 Å². The third kappa shape index (κ3) is 3.86. The number of amides is 1. The van der Waals surface area contributed by atoms with Crippen LogP contribution in [0.25, 0.3) is 11.0 Å². The number of H-pyrrole nitrogens is 1. The van der Waals surface area contributed by atoms with Crippen LogP contribution in [0.1, 0.15) is 61.1 Å². The van der Waals surface area contributed by atoms with Crippen molar-refractivity contribution < 1.29 is 13.6 Å². The van der Waals surface area contributed by atoms with Crippen molar-refractivity contribution in [2.24, 2.45) is 5.92 Å². The summed E-state index contributed by atoms with van der Waals surface area (Å²) in [4.78, 5) is 18.5. The van der Waals surface area contributed by atoms with Gasteiger partial charge in [0.2, 0.25) is 0 Å². The zero-order chi connectivity index (χ0) is 16.2. The molecule has 6 heteroatoms. The number of nitrogens with zero attached hydrogens (tertiary/aromatic N) is 1. The number of alkyl halides is 2. The van der Waals surface area contributed by atoms with Crippen molar-refractivity contribution in [2.45, 2.75) is 45.0 Å². The van der Waals surface area contributed by atoms with Gasteiger partial charge in [0.15, 0.2) is 5.82 Å². The molecule has 0 atom stereocenters. The van der Waals surface area contributed by atoms with Crippen LogP contribution in [0.5, 0.6) is 0 Å². The number of benzene rings is 1. The lowest BCUT2D eigenvalue weighted by atomic mass is 10.0. The van der Waals surface area contributed by atoms with E-state index in [1.165, 1.54) is 25.7 Å². The zero-order valence-corrected chi connectivity index (χ0v) is 12.9. The Morgan fingerprint density at radius 2 is 2.13 bits per heavy atom. The first-order chi connectivity index (χ1) is 11.1. The fourth-order valence-corrected chi connectivity index (χ4v) is 3.27. The smallest absolute Gasteiger partial charge is 0.295 e. The molecule has 0 bridgehead atoms. The second kappa shape index (κ2) is 7.06. The third-order valence-electron chi connectivity index (χ3n) is 4.52. The van der Waals surface area contributed by atoms with Crippen LogP contribution in [0.4, 0.5) is 8.78 Å². The van der Waals surface area contributed by atoms with Gasteiger partial charge in [0.25, 0.3) is 12.3 Å². The van der Waals surface area contributed by atoms with Crippen molar-refractivity contribution in [3.8, 4) is 0 Å². The minimum absolute atomic E-state index is 0.175. The Morgan fingerprint density at radius 3 is 2.87 bits per heavy atom. The topological polar surface area (TPSA) is 57.8 Å². The molecule has 1 aliphatic rings. The highest BCUT2D eigenvalue weighted by atomic mass is 19.3. The summed E-state index contributed by atoms with van der Waals surface area (Å²) in [6, 6.07) is 4.77. The average molecular weight is 321 g/mol. The Bertz CT molecular complexity index is 678. The highest BCUT2D eigenvalue weighted by Crippen LogP contribution is 2.28. The van der Waals surface area contributed by atoms with Crippen LogP contribution in [0.15, 0.2) is 18.2 Å². The van der Waals surface area contributed by atoms with E-state index < -0.39 is 6.43 Å². The van der Waals surface area contributed by atoms with Crippen LogP contribution >= 0.6 is 0 Å². The van der Waals surface area contributed by atoms with Gasteiger partial charge < -0.3 is 10.3 Å². The van der Waals surface area contributed by atoms with Gasteiger partial charge in [-0.1, -0.05) is 25.7 Å². The van der Waals surface area contributed by atoms with E-state index in [0.717, 1.165) is 18.8 Å². The molecule has 0 saturated heterocycles. The van der Waals surface area contributed by atoms with E-state index in [1.807, 2.05) is 0 Å². The number of imidazole rings is 1. The fraction of sp³-hybridized carbons (Fsp3) is 0.529. The summed E-state index contributed by atoms with van der Waals surface area (Å²) in [7, 11) is 0. The van der Waals surface area contributed by atoms with Crippen molar-refractivity contribution >= 4 is 16.9 Å². The Labute approximate surface area is 133 Å². The van der Waals surface area contributed by atoms with E-state index in [2.05, 4.69) is 15.3 Å². The van der Waals surface area contributed by atoms with Gasteiger partial charge in [0.1, 0.15) is 0 Å². The molecule has 1 fully saturated rings. The maximum atomic E-state index is 12.6. The largest absolute Gasteiger partial charge is 0.352 e. The highest BCUT2D eigenvalue weighted by molar-refractivity contribution is 5.97. The van der Waals surface area contributed by atoms with Crippen LogP contribution in [0, 0.1) is 5.92 Å². The number of hydrogen-bond acceptors (Lipinski definition) is 2. The summed E-state index contributed by atoms with van der Waals surface area (Å²) >= 11 is 0. The maximum absolute atomic E-state index is 12.6. The quantitative estimate of drug-likeness (QED) is 0.783. The van der Waals surface area contributed by atoms with Crippen LogP contribution in [-0.2, 0) is 0 Å². The molecule has 1 aromatic carbocycles. The summed E-state index contributed by atoms with van der Waals surface area (Å²) in [5, 5.41) is 2.90. The first kappa shape index (κ1) is 15.9. The number of halogens is 2. The van der Waals surface area contributed by atoms with Crippen molar-refractivity contribution in [2.75, 3.05) is 6.54 Å². The van der Waals surface area contributed by atoms with E-state index in [4.69, 9.17) is 0 Å². The minimum Gasteiger partial charge on any atom is -0.352 e. The molecule has 0 spiro atoms. The molecule has 1 aromatic heterocycles. The summed E-state index contributed by atoms with van der Waals surface area (Å²) in [6.45, 7) is 0.651. The number of nitrogens with one attached hydrogen (secondary N) is 2. The molecule has 2 aromatic rings. The lowest BCUT2D eigenvalue weighted by Gasteiger charge is -2.09. The average Bonchev–Trinajstić information content (AvgIpc) is 3.19. The number of aromatic amines is 1. The first-order valence-electron chi connectivity index (χ1n) is 8.19. The minimum atomic E-state index is -2.64. The number of fused-ring (bicyclic) bond motifs is 1. The molecule has 124 valence electrons.